The molecule has 0 aliphatic carbocycles. The van der Waals surface area contributed by atoms with E-state index in [0.29, 0.717) is 5.70 Å². The molecule has 0 fully saturated rings. The summed E-state index contributed by atoms with van der Waals surface area (Å²) in [6, 6.07) is 0. The summed E-state index contributed by atoms with van der Waals surface area (Å²) in [5, 5.41) is 11.4. The van der Waals surface area contributed by atoms with Gasteiger partial charge in [-0.3, -0.25) is 0 Å². The molecule has 0 bridgehead atoms. The van der Waals surface area contributed by atoms with E-state index in [0.717, 1.165) is 5.57 Å². The van der Waals surface area contributed by atoms with Crippen LogP contribution in [0.1, 0.15) is 6.92 Å². The number of hydrogen-bond donors (Lipinski definition) is 2. The van der Waals surface area contributed by atoms with E-state index in [2.05, 4.69) is 11.7 Å². The van der Waals surface area contributed by atoms with Crippen molar-refractivity contribution < 1.29 is 5.11 Å². The van der Waals surface area contributed by atoms with Crippen LogP contribution in [0.5, 0.6) is 0 Å². The molecule has 0 aromatic carbocycles. The number of rotatable bonds is 3. The Morgan fingerprint density at radius 3 is 2.78 bits per heavy atom. The van der Waals surface area contributed by atoms with Crippen molar-refractivity contribution in [1.29, 1.82) is 5.53 Å². The Hall–Kier alpha value is -0.960. The molecular formula is C6H10N2O. The van der Waals surface area contributed by atoms with Crippen molar-refractivity contribution in [2.45, 2.75) is 6.92 Å². The number of nitrogens with one attached hydrogen (secondary N) is 1. The molecular weight excluding hydrogens is 116 g/mol. The fraction of sp³-hybridized carbons (Fsp3) is 0.333. The highest BCUT2D eigenvalue weighted by Crippen LogP contribution is 2.05. The first kappa shape index (κ1) is 8.04. The zero-order valence-electron chi connectivity index (χ0n) is 5.39. The summed E-state index contributed by atoms with van der Waals surface area (Å²) in [6.45, 7) is 5.18. The van der Waals surface area contributed by atoms with E-state index >= 15 is 0 Å². The average Bonchev–Trinajstić information content (AvgIpc) is 1.87. The Bertz CT molecular complexity index is 149. The molecule has 0 heterocycles. The smallest absolute Gasteiger partial charge is 0.0805 e. The van der Waals surface area contributed by atoms with Gasteiger partial charge in [0.1, 0.15) is 0 Å². The highest BCUT2D eigenvalue weighted by molar-refractivity contribution is 5.23. The van der Waals surface area contributed by atoms with Gasteiger partial charge in [0, 0.05) is 0 Å². The summed E-state index contributed by atoms with van der Waals surface area (Å²) in [5.41, 5.74) is 7.66. The van der Waals surface area contributed by atoms with Crippen molar-refractivity contribution >= 4 is 0 Å². The zero-order valence-corrected chi connectivity index (χ0v) is 5.39. The van der Waals surface area contributed by atoms with Gasteiger partial charge in [0.2, 0.25) is 0 Å². The molecule has 0 unspecified atom stereocenters. The van der Waals surface area contributed by atoms with Crippen molar-refractivity contribution in [3.05, 3.63) is 23.9 Å². The van der Waals surface area contributed by atoms with Crippen LogP contribution in [0.2, 0.25) is 0 Å². The third-order valence-electron chi connectivity index (χ3n) is 0.988. The van der Waals surface area contributed by atoms with Crippen LogP contribution >= 0.6 is 0 Å². The van der Waals surface area contributed by atoms with Crippen molar-refractivity contribution in [2.75, 3.05) is 6.61 Å². The Morgan fingerprint density at radius 2 is 2.44 bits per heavy atom. The van der Waals surface area contributed by atoms with Crippen LogP contribution in [0.4, 0.5) is 0 Å². The second kappa shape index (κ2) is 3.97. The lowest BCUT2D eigenvalue weighted by molar-refractivity contribution is 0.342. The van der Waals surface area contributed by atoms with Crippen LogP contribution in [-0.2, 0) is 0 Å². The summed E-state index contributed by atoms with van der Waals surface area (Å²) >= 11 is 0. The highest BCUT2D eigenvalue weighted by Gasteiger charge is 1.90. The lowest BCUT2D eigenvalue weighted by atomic mass is 10.2. The van der Waals surface area contributed by atoms with Gasteiger partial charge < -0.3 is 5.11 Å². The second-order valence-electron chi connectivity index (χ2n) is 1.63. The molecule has 0 rings (SSSR count). The molecule has 9 heavy (non-hydrogen) atoms. The van der Waals surface area contributed by atoms with Crippen LogP contribution in [0.25, 0.3) is 0 Å². The molecule has 0 atom stereocenters. The lowest BCUT2D eigenvalue weighted by Gasteiger charge is -1.93. The van der Waals surface area contributed by atoms with Crippen LogP contribution in [-0.4, -0.2) is 11.7 Å². The van der Waals surface area contributed by atoms with Gasteiger partial charge in [-0.05, 0) is 12.5 Å². The van der Waals surface area contributed by atoms with Crippen molar-refractivity contribution in [2.24, 2.45) is 5.11 Å². The normalized spacial score (nSPS) is 11.1. The number of hydrogen-bond acceptors (Lipinski definition) is 3. The van der Waals surface area contributed by atoms with Gasteiger partial charge in [-0.25, -0.2) is 5.53 Å². The first-order valence-electron chi connectivity index (χ1n) is 2.56. The summed E-state index contributed by atoms with van der Waals surface area (Å²) in [6.07, 6.45) is 1.56. The summed E-state index contributed by atoms with van der Waals surface area (Å²) < 4.78 is 0. The van der Waals surface area contributed by atoms with Gasteiger partial charge in [0.25, 0.3) is 0 Å². The summed E-state index contributed by atoms with van der Waals surface area (Å²) in [4.78, 5) is 0. The molecule has 0 radical (unpaired) electrons. The standard InChI is InChI=1S/C6H10N2O/c1-5(3-4-9)6(2)8-7/h3,7,9H,2,4H2,1H3/b5-3-,8-7?. The number of nitrogens with zero attached hydrogens (tertiary/aromatic N) is 1. The van der Waals surface area contributed by atoms with Crippen molar-refractivity contribution in [3.63, 3.8) is 0 Å². The second-order valence-corrected chi connectivity index (χ2v) is 1.63. The largest absolute Gasteiger partial charge is 0.392 e. The minimum Gasteiger partial charge on any atom is -0.392 e. The molecule has 50 valence electrons. The fourth-order valence-corrected chi connectivity index (χ4v) is 0.343. The van der Waals surface area contributed by atoms with Crippen LogP contribution in [0, 0.1) is 5.53 Å². The Morgan fingerprint density at radius 1 is 1.89 bits per heavy atom. The molecule has 2 N–H and O–H groups in total. The summed E-state index contributed by atoms with van der Waals surface area (Å²) in [7, 11) is 0. The summed E-state index contributed by atoms with van der Waals surface area (Å²) in [5.74, 6) is 0. The van der Waals surface area contributed by atoms with Gasteiger partial charge in [-0.1, -0.05) is 12.7 Å². The van der Waals surface area contributed by atoms with Gasteiger partial charge in [0.15, 0.2) is 0 Å². The van der Waals surface area contributed by atoms with E-state index < -0.39 is 0 Å². The SMILES string of the molecule is C=C(N=N)/C(C)=C\CO. The Kier molecular flexibility index (Phi) is 3.55. The van der Waals surface area contributed by atoms with Crippen molar-refractivity contribution in [1.82, 2.24) is 0 Å². The van der Waals surface area contributed by atoms with E-state index in [1.807, 2.05) is 0 Å². The molecule has 0 saturated heterocycles. The predicted molar refractivity (Wildman–Crippen MR) is 35.1 cm³/mol. The molecule has 0 aromatic heterocycles. The quantitative estimate of drug-likeness (QED) is 0.436. The third kappa shape index (κ3) is 2.77. The van der Waals surface area contributed by atoms with E-state index in [9.17, 15) is 0 Å². The first-order valence-corrected chi connectivity index (χ1v) is 2.56. The van der Waals surface area contributed by atoms with E-state index in [1.165, 1.54) is 0 Å². The van der Waals surface area contributed by atoms with Gasteiger partial charge in [0.05, 0.1) is 12.3 Å². The number of allylic oxidation sites excluding steroid dienone is 1. The monoisotopic (exact) mass is 126 g/mol. The average molecular weight is 126 g/mol. The van der Waals surface area contributed by atoms with Gasteiger partial charge in [-0.15, -0.1) is 0 Å². The maximum absolute atomic E-state index is 8.36. The molecule has 3 heteroatoms. The first-order chi connectivity index (χ1) is 4.22. The third-order valence-corrected chi connectivity index (χ3v) is 0.988. The van der Waals surface area contributed by atoms with Crippen LogP contribution in [0.3, 0.4) is 0 Å². The van der Waals surface area contributed by atoms with E-state index in [1.54, 1.807) is 13.0 Å². The molecule has 0 saturated carbocycles. The molecule has 0 spiro atoms. The minimum absolute atomic E-state index is 0.0274. The van der Waals surface area contributed by atoms with Crippen LogP contribution in [0.15, 0.2) is 29.0 Å². The van der Waals surface area contributed by atoms with E-state index in [4.69, 9.17) is 10.6 Å². The maximum Gasteiger partial charge on any atom is 0.0805 e. The fourth-order valence-electron chi connectivity index (χ4n) is 0.343. The van der Waals surface area contributed by atoms with Crippen LogP contribution < -0.4 is 0 Å². The maximum atomic E-state index is 8.36. The Labute approximate surface area is 54.2 Å². The van der Waals surface area contributed by atoms with E-state index in [-0.39, 0.29) is 6.61 Å². The molecule has 3 nitrogen and oxygen atoms in total. The molecule has 0 aliphatic rings. The highest BCUT2D eigenvalue weighted by atomic mass is 16.2. The van der Waals surface area contributed by atoms with Gasteiger partial charge >= 0.3 is 0 Å². The minimum atomic E-state index is -0.0274. The molecule has 0 aliphatic heterocycles. The molecule has 0 amide bonds. The molecule has 0 aromatic rings. The lowest BCUT2D eigenvalue weighted by Crippen LogP contribution is -1.80. The number of aliphatic hydroxyl groups excluding tert-OH is 1. The predicted octanol–water partition coefficient (Wildman–Crippen LogP) is 1.47. The zero-order chi connectivity index (χ0) is 7.28. The number of aliphatic hydroxyl groups is 1. The Balaban J connectivity index is 4.01. The topological polar surface area (TPSA) is 56.4 Å². The van der Waals surface area contributed by atoms with Crippen molar-refractivity contribution in [3.8, 4) is 0 Å². The van der Waals surface area contributed by atoms with Gasteiger partial charge in [-0.2, -0.15) is 5.11 Å².